The molecule has 2 rings (SSSR count). The molecule has 0 saturated heterocycles. The molecule has 0 amide bonds. The van der Waals surface area contributed by atoms with Crippen molar-refractivity contribution in [1.29, 1.82) is 0 Å². The maximum Gasteiger partial charge on any atom is 0.133 e. The van der Waals surface area contributed by atoms with E-state index in [0.29, 0.717) is 36.2 Å². The lowest BCUT2D eigenvalue weighted by molar-refractivity contribution is -0.122. The lowest BCUT2D eigenvalue weighted by atomic mass is 9.92. The third-order valence-corrected chi connectivity index (χ3v) is 3.36. The van der Waals surface area contributed by atoms with Crippen LogP contribution < -0.4 is 0 Å². The summed E-state index contributed by atoms with van der Waals surface area (Å²) in [5, 5.41) is 0. The van der Waals surface area contributed by atoms with E-state index in [1.807, 2.05) is 0 Å². The average molecular weight is 180 g/mol. The monoisotopic (exact) mass is 180 g/mol. The van der Waals surface area contributed by atoms with Crippen molar-refractivity contribution in [1.82, 2.24) is 0 Å². The summed E-state index contributed by atoms with van der Waals surface area (Å²) in [7, 11) is 0. The summed E-state index contributed by atoms with van der Waals surface area (Å²) in [5.41, 5.74) is 0. The fourth-order valence-corrected chi connectivity index (χ4v) is 2.66. The van der Waals surface area contributed by atoms with Gasteiger partial charge in [0.1, 0.15) is 11.6 Å². The first kappa shape index (κ1) is 8.92. The first-order valence-corrected chi connectivity index (χ1v) is 5.27. The van der Waals surface area contributed by atoms with Gasteiger partial charge in [0, 0.05) is 25.7 Å². The van der Waals surface area contributed by atoms with E-state index in [0.717, 1.165) is 32.1 Å². The van der Waals surface area contributed by atoms with Crippen molar-refractivity contribution in [3.05, 3.63) is 0 Å². The van der Waals surface area contributed by atoms with Crippen LogP contribution >= 0.6 is 0 Å². The third kappa shape index (κ3) is 2.17. The Morgan fingerprint density at radius 3 is 1.77 bits per heavy atom. The Hall–Kier alpha value is -0.660. The van der Waals surface area contributed by atoms with E-state index >= 15 is 0 Å². The summed E-state index contributed by atoms with van der Waals surface area (Å²) in [6.45, 7) is 0. The molecule has 0 aromatic rings. The Morgan fingerprint density at radius 1 is 0.846 bits per heavy atom. The van der Waals surface area contributed by atoms with Crippen molar-refractivity contribution in [2.45, 2.75) is 44.9 Å². The van der Waals surface area contributed by atoms with Crippen molar-refractivity contribution >= 4 is 11.6 Å². The first-order chi connectivity index (χ1) is 6.24. The number of carbonyl (C=O) groups is 2. The zero-order valence-electron chi connectivity index (χ0n) is 7.92. The second kappa shape index (κ2) is 3.60. The fourth-order valence-electron chi connectivity index (χ4n) is 2.66. The van der Waals surface area contributed by atoms with E-state index in [1.165, 1.54) is 0 Å². The highest BCUT2D eigenvalue weighted by atomic mass is 16.1. The van der Waals surface area contributed by atoms with Crippen molar-refractivity contribution in [2.24, 2.45) is 11.8 Å². The van der Waals surface area contributed by atoms with Crippen LogP contribution in [0.2, 0.25) is 0 Å². The molecule has 2 heteroatoms. The van der Waals surface area contributed by atoms with Gasteiger partial charge in [-0.15, -0.1) is 0 Å². The minimum atomic E-state index is 0.418. The quantitative estimate of drug-likeness (QED) is 0.572. The van der Waals surface area contributed by atoms with Gasteiger partial charge < -0.3 is 0 Å². The maximum absolute atomic E-state index is 11.3. The van der Waals surface area contributed by atoms with Crippen LogP contribution in [0.25, 0.3) is 0 Å². The van der Waals surface area contributed by atoms with Crippen molar-refractivity contribution in [2.75, 3.05) is 0 Å². The molecule has 13 heavy (non-hydrogen) atoms. The first-order valence-electron chi connectivity index (χ1n) is 5.27. The van der Waals surface area contributed by atoms with Gasteiger partial charge in [0.05, 0.1) is 0 Å². The van der Waals surface area contributed by atoms with Gasteiger partial charge in [-0.25, -0.2) is 0 Å². The van der Waals surface area contributed by atoms with E-state index in [2.05, 4.69) is 0 Å². The summed E-state index contributed by atoms with van der Waals surface area (Å²) in [4.78, 5) is 22.7. The molecule has 0 aliphatic heterocycles. The molecule has 72 valence electrons. The zero-order chi connectivity index (χ0) is 9.26. The Morgan fingerprint density at radius 2 is 1.31 bits per heavy atom. The number of hydrogen-bond acceptors (Lipinski definition) is 2. The molecular formula is C11H16O2. The molecular weight excluding hydrogens is 164 g/mol. The van der Waals surface area contributed by atoms with Crippen LogP contribution in [0.15, 0.2) is 0 Å². The second-order valence-electron chi connectivity index (χ2n) is 4.53. The summed E-state index contributed by atoms with van der Waals surface area (Å²) in [5.74, 6) is 1.88. The van der Waals surface area contributed by atoms with Crippen molar-refractivity contribution in [3.8, 4) is 0 Å². The number of carbonyl (C=O) groups excluding carboxylic acids is 2. The molecule has 2 aliphatic rings. The number of hydrogen-bond donors (Lipinski definition) is 0. The van der Waals surface area contributed by atoms with E-state index < -0.39 is 0 Å². The summed E-state index contributed by atoms with van der Waals surface area (Å²) >= 11 is 0. The molecule has 0 aromatic heterocycles. The van der Waals surface area contributed by atoms with Crippen LogP contribution in [0.5, 0.6) is 0 Å². The highest BCUT2D eigenvalue weighted by Gasteiger charge is 2.28. The topological polar surface area (TPSA) is 34.1 Å². The van der Waals surface area contributed by atoms with Crippen molar-refractivity contribution < 1.29 is 9.59 Å². The number of fused-ring (bicyclic) bond motifs is 2. The SMILES string of the molecule is O=C1CCC2CC(=O)CCC(C1)C2. The highest BCUT2D eigenvalue weighted by Crippen LogP contribution is 2.34. The highest BCUT2D eigenvalue weighted by molar-refractivity contribution is 5.81. The van der Waals surface area contributed by atoms with E-state index in [4.69, 9.17) is 0 Å². The Balaban J connectivity index is 2.08. The molecule has 2 unspecified atom stereocenters. The smallest absolute Gasteiger partial charge is 0.133 e. The van der Waals surface area contributed by atoms with Gasteiger partial charge in [-0.05, 0) is 31.1 Å². The zero-order valence-corrected chi connectivity index (χ0v) is 7.92. The van der Waals surface area contributed by atoms with Crippen molar-refractivity contribution in [3.63, 3.8) is 0 Å². The van der Waals surface area contributed by atoms with Gasteiger partial charge in [0.15, 0.2) is 0 Å². The Labute approximate surface area is 78.7 Å². The molecule has 2 bridgehead atoms. The molecule has 2 nitrogen and oxygen atoms in total. The van der Waals surface area contributed by atoms with Crippen LogP contribution in [-0.4, -0.2) is 11.6 Å². The summed E-state index contributed by atoms with van der Waals surface area (Å²) in [6.07, 6.45) is 5.95. The van der Waals surface area contributed by atoms with Crippen LogP contribution in [0, 0.1) is 11.8 Å². The second-order valence-corrected chi connectivity index (χ2v) is 4.53. The fraction of sp³-hybridized carbons (Fsp3) is 0.818. The maximum atomic E-state index is 11.3. The summed E-state index contributed by atoms with van der Waals surface area (Å²) < 4.78 is 0. The molecule has 2 fully saturated rings. The number of ketones is 2. The van der Waals surface area contributed by atoms with Gasteiger partial charge in [0.25, 0.3) is 0 Å². The minimum absolute atomic E-state index is 0.418. The van der Waals surface area contributed by atoms with E-state index in [-0.39, 0.29) is 0 Å². The largest absolute Gasteiger partial charge is 0.300 e. The van der Waals surface area contributed by atoms with Crippen LogP contribution in [-0.2, 0) is 9.59 Å². The molecule has 0 aromatic carbocycles. The van der Waals surface area contributed by atoms with E-state index in [1.54, 1.807) is 0 Å². The molecule has 2 atom stereocenters. The molecule has 0 N–H and O–H groups in total. The molecule has 0 heterocycles. The Kier molecular flexibility index (Phi) is 2.47. The molecule has 2 aliphatic carbocycles. The molecule has 0 spiro atoms. The molecule has 0 radical (unpaired) electrons. The van der Waals surface area contributed by atoms with Crippen LogP contribution in [0.4, 0.5) is 0 Å². The van der Waals surface area contributed by atoms with Crippen LogP contribution in [0.1, 0.15) is 44.9 Å². The predicted octanol–water partition coefficient (Wildman–Crippen LogP) is 2.11. The minimum Gasteiger partial charge on any atom is -0.300 e. The third-order valence-electron chi connectivity index (χ3n) is 3.36. The normalized spacial score (nSPS) is 35.4. The van der Waals surface area contributed by atoms with Gasteiger partial charge in [0.2, 0.25) is 0 Å². The molecule has 2 saturated carbocycles. The number of rotatable bonds is 0. The van der Waals surface area contributed by atoms with Gasteiger partial charge in [-0.1, -0.05) is 0 Å². The average Bonchev–Trinajstić information content (AvgIpc) is 2.34. The number of Topliss-reactive ketones (excluding diaryl/α,β-unsaturated/α-hetero) is 2. The van der Waals surface area contributed by atoms with Gasteiger partial charge >= 0.3 is 0 Å². The van der Waals surface area contributed by atoms with Crippen LogP contribution in [0.3, 0.4) is 0 Å². The predicted molar refractivity (Wildman–Crippen MR) is 49.3 cm³/mol. The van der Waals surface area contributed by atoms with Gasteiger partial charge in [-0.3, -0.25) is 9.59 Å². The van der Waals surface area contributed by atoms with E-state index in [9.17, 15) is 9.59 Å². The lowest BCUT2D eigenvalue weighted by Gasteiger charge is -2.12. The standard InChI is InChI=1S/C11H16O2/c12-10-3-1-8-5-9(7-10)2-4-11(13)6-8/h8-9H,1-7H2. The van der Waals surface area contributed by atoms with Gasteiger partial charge in [-0.2, -0.15) is 0 Å². The summed E-state index contributed by atoms with van der Waals surface area (Å²) in [6, 6.07) is 0. The lowest BCUT2D eigenvalue weighted by Crippen LogP contribution is -2.06. The Bertz CT molecular complexity index is 208.